The van der Waals surface area contributed by atoms with Crippen molar-refractivity contribution in [1.29, 1.82) is 0 Å². The van der Waals surface area contributed by atoms with Crippen LogP contribution in [0.1, 0.15) is 23.3 Å². The number of nitrogens with zero attached hydrogens (tertiary/aromatic N) is 1. The number of allylic oxidation sites excluding steroid dienone is 1. The van der Waals surface area contributed by atoms with Crippen LogP contribution in [-0.4, -0.2) is 16.1 Å². The van der Waals surface area contributed by atoms with Crippen molar-refractivity contribution < 1.29 is 14.2 Å². The summed E-state index contributed by atoms with van der Waals surface area (Å²) >= 11 is 0. The number of aliphatic hydroxyl groups excluding tert-OH is 1. The van der Waals surface area contributed by atoms with Crippen LogP contribution in [0.5, 0.6) is 0 Å². The molecule has 3 atom stereocenters. The smallest absolute Gasteiger partial charge is 0.197 e. The number of hydroxylamine groups is 1. The van der Waals surface area contributed by atoms with E-state index in [1.807, 2.05) is 36.4 Å². The number of hydrogen-bond donors (Lipinski definition) is 1. The lowest BCUT2D eigenvalue weighted by molar-refractivity contribution is -0.515. The van der Waals surface area contributed by atoms with E-state index in [4.69, 9.17) is 0 Å². The molecule has 2 aromatic carbocycles. The molecule has 3 nitrogen and oxygen atoms in total. The zero-order valence-corrected chi connectivity index (χ0v) is 11.8. The van der Waals surface area contributed by atoms with Crippen LogP contribution in [0.15, 0.2) is 66.7 Å². The molecule has 0 spiro atoms. The van der Waals surface area contributed by atoms with Crippen LogP contribution in [0.25, 0.3) is 0 Å². The first-order valence-corrected chi connectivity index (χ1v) is 7.12. The van der Waals surface area contributed by atoms with Gasteiger partial charge in [0.25, 0.3) is 0 Å². The van der Waals surface area contributed by atoms with Gasteiger partial charge in [-0.1, -0.05) is 36.4 Å². The fraction of sp³-hybridized carbons (Fsp3) is 0.167. The number of hydrogen-bond acceptors (Lipinski definition) is 2. The molecule has 1 aliphatic rings. The lowest BCUT2D eigenvalue weighted by Crippen LogP contribution is -2.29. The second-order valence-corrected chi connectivity index (χ2v) is 5.32. The molecule has 0 amide bonds. The summed E-state index contributed by atoms with van der Waals surface area (Å²) in [4.78, 5) is 0. The number of aliphatic hydroxyl groups is 1. The van der Waals surface area contributed by atoms with Gasteiger partial charge in [0.05, 0.1) is 12.0 Å². The van der Waals surface area contributed by atoms with Gasteiger partial charge < -0.3 is 10.3 Å². The van der Waals surface area contributed by atoms with Gasteiger partial charge in [0.2, 0.25) is 0 Å². The third-order valence-corrected chi connectivity index (χ3v) is 3.92. The standard InChI is InChI=1S/C18H16FNO2/c19-15-10-8-13(9-11-15)17-16(7-4-12-20(17)22)18(21)14-5-2-1-3-6-14/h1-12,16-18,21H/t16-,17+,18?/m1/s1. The molecule has 0 radical (unpaired) electrons. The summed E-state index contributed by atoms with van der Waals surface area (Å²) in [6.07, 6.45) is 4.07. The minimum atomic E-state index is -0.808. The molecule has 2 aromatic rings. The summed E-state index contributed by atoms with van der Waals surface area (Å²) in [5.74, 6) is -0.757. The third-order valence-electron chi connectivity index (χ3n) is 3.92. The number of benzene rings is 2. The Morgan fingerprint density at radius 3 is 2.41 bits per heavy atom. The van der Waals surface area contributed by atoms with Crippen molar-refractivity contribution in [3.05, 3.63) is 88.9 Å². The molecule has 3 rings (SSSR count). The van der Waals surface area contributed by atoms with Gasteiger partial charge in [0, 0.05) is 5.56 Å². The molecule has 0 saturated heterocycles. The molecular weight excluding hydrogens is 281 g/mol. The van der Waals surface area contributed by atoms with E-state index < -0.39 is 18.1 Å². The first kappa shape index (κ1) is 14.5. The van der Waals surface area contributed by atoms with Crippen molar-refractivity contribution in [2.24, 2.45) is 5.92 Å². The van der Waals surface area contributed by atoms with E-state index in [-0.39, 0.29) is 5.82 Å². The highest BCUT2D eigenvalue weighted by Crippen LogP contribution is 2.37. The molecule has 1 unspecified atom stereocenters. The molecule has 22 heavy (non-hydrogen) atoms. The second kappa shape index (κ2) is 6.12. The van der Waals surface area contributed by atoms with Crippen LogP contribution in [0.2, 0.25) is 0 Å². The summed E-state index contributed by atoms with van der Waals surface area (Å²) in [7, 11) is 0. The summed E-state index contributed by atoms with van der Waals surface area (Å²) in [5, 5.41) is 22.9. The average molecular weight is 297 g/mol. The minimum Gasteiger partial charge on any atom is -0.623 e. The second-order valence-electron chi connectivity index (χ2n) is 5.32. The molecule has 1 N–H and O–H groups in total. The topological polar surface area (TPSA) is 46.3 Å². The number of halogens is 1. The Labute approximate surface area is 128 Å². The maximum Gasteiger partial charge on any atom is 0.197 e. The lowest BCUT2D eigenvalue weighted by Gasteiger charge is -2.29. The molecule has 0 aromatic heterocycles. The molecule has 1 heterocycles. The molecule has 1 aliphatic heterocycles. The molecule has 0 fully saturated rings. The molecule has 0 aliphatic carbocycles. The van der Waals surface area contributed by atoms with Crippen LogP contribution >= 0.6 is 0 Å². The molecule has 112 valence electrons. The Morgan fingerprint density at radius 2 is 1.73 bits per heavy atom. The zero-order valence-electron chi connectivity index (χ0n) is 11.8. The van der Waals surface area contributed by atoms with E-state index in [0.29, 0.717) is 5.56 Å². The van der Waals surface area contributed by atoms with Gasteiger partial charge in [-0.05, 0) is 35.9 Å². The van der Waals surface area contributed by atoms with Crippen LogP contribution < -0.4 is 0 Å². The Balaban J connectivity index is 1.96. The maximum absolute atomic E-state index is 13.1. The van der Waals surface area contributed by atoms with Crippen molar-refractivity contribution >= 4 is 6.21 Å². The quantitative estimate of drug-likeness (QED) is 0.697. The average Bonchev–Trinajstić information content (AvgIpc) is 2.56. The van der Waals surface area contributed by atoms with Gasteiger partial charge in [-0.25, -0.2) is 9.13 Å². The highest BCUT2D eigenvalue weighted by atomic mass is 19.1. The summed E-state index contributed by atoms with van der Waals surface area (Å²) < 4.78 is 13.9. The van der Waals surface area contributed by atoms with Gasteiger partial charge in [-0.3, -0.25) is 0 Å². The largest absolute Gasteiger partial charge is 0.623 e. The fourth-order valence-corrected chi connectivity index (χ4v) is 2.81. The summed E-state index contributed by atoms with van der Waals surface area (Å²) in [6.45, 7) is 0. The van der Waals surface area contributed by atoms with E-state index >= 15 is 0 Å². The molecular formula is C18H16FNO2. The van der Waals surface area contributed by atoms with Crippen LogP contribution in [0.3, 0.4) is 0 Å². The third kappa shape index (κ3) is 2.78. The highest BCUT2D eigenvalue weighted by molar-refractivity contribution is 5.67. The van der Waals surface area contributed by atoms with Crippen LogP contribution in [0, 0.1) is 16.9 Å². The van der Waals surface area contributed by atoms with Crippen molar-refractivity contribution in [3.8, 4) is 0 Å². The predicted octanol–water partition coefficient (Wildman–Crippen LogP) is 3.37. The molecule has 0 saturated carbocycles. The predicted molar refractivity (Wildman–Crippen MR) is 82.9 cm³/mol. The molecule has 4 heteroatoms. The summed E-state index contributed by atoms with van der Waals surface area (Å²) in [5.41, 5.74) is 1.43. The number of rotatable bonds is 3. The lowest BCUT2D eigenvalue weighted by atomic mass is 9.84. The van der Waals surface area contributed by atoms with Gasteiger partial charge in [-0.15, -0.1) is 0 Å². The van der Waals surface area contributed by atoms with Crippen molar-refractivity contribution in [3.63, 3.8) is 0 Å². The fourth-order valence-electron chi connectivity index (χ4n) is 2.81. The Bertz CT molecular complexity index is 695. The van der Waals surface area contributed by atoms with E-state index in [1.54, 1.807) is 18.2 Å². The Hall–Kier alpha value is -2.46. The highest BCUT2D eigenvalue weighted by Gasteiger charge is 2.36. The van der Waals surface area contributed by atoms with Gasteiger partial charge in [-0.2, -0.15) is 0 Å². The van der Waals surface area contributed by atoms with Crippen molar-refractivity contribution in [2.45, 2.75) is 12.1 Å². The van der Waals surface area contributed by atoms with E-state index in [9.17, 15) is 14.7 Å². The Morgan fingerprint density at radius 1 is 1.05 bits per heavy atom. The Kier molecular flexibility index (Phi) is 4.02. The van der Waals surface area contributed by atoms with E-state index in [0.717, 1.165) is 10.3 Å². The maximum atomic E-state index is 13.1. The first-order valence-electron chi connectivity index (χ1n) is 7.12. The van der Waals surface area contributed by atoms with Gasteiger partial charge >= 0.3 is 0 Å². The van der Waals surface area contributed by atoms with Crippen LogP contribution in [-0.2, 0) is 0 Å². The zero-order chi connectivity index (χ0) is 15.5. The summed E-state index contributed by atoms with van der Waals surface area (Å²) in [6, 6.07) is 14.5. The van der Waals surface area contributed by atoms with E-state index in [1.165, 1.54) is 18.3 Å². The molecule has 0 bridgehead atoms. The van der Waals surface area contributed by atoms with E-state index in [2.05, 4.69) is 0 Å². The van der Waals surface area contributed by atoms with Gasteiger partial charge in [0.15, 0.2) is 12.3 Å². The van der Waals surface area contributed by atoms with Crippen molar-refractivity contribution in [2.75, 3.05) is 0 Å². The van der Waals surface area contributed by atoms with Crippen LogP contribution in [0.4, 0.5) is 4.39 Å². The normalized spacial score (nSPS) is 22.2. The minimum absolute atomic E-state index is 0.350. The monoisotopic (exact) mass is 297 g/mol. The van der Waals surface area contributed by atoms with Crippen molar-refractivity contribution in [1.82, 2.24) is 0 Å². The SMILES string of the molecule is [O-][N+]1=CC=C[C@@H](C(O)c2ccccc2)[C@@H]1c1ccc(F)cc1. The van der Waals surface area contributed by atoms with Gasteiger partial charge in [0.1, 0.15) is 5.82 Å². The first-order chi connectivity index (χ1) is 10.7.